The molecule has 0 aromatic heterocycles. The summed E-state index contributed by atoms with van der Waals surface area (Å²) < 4.78 is 21.3. The van der Waals surface area contributed by atoms with Gasteiger partial charge in [-0.15, -0.1) is 0 Å². The Hall–Kier alpha value is 0.220. The van der Waals surface area contributed by atoms with Gasteiger partial charge >= 0.3 is 0 Å². The Morgan fingerprint density at radius 1 is 1.36 bits per heavy atom. The average Bonchev–Trinajstić information content (AvgIpc) is 2.13. The molecule has 6 heteroatoms. The first-order chi connectivity index (χ1) is 6.58. The second-order valence-corrected chi connectivity index (χ2v) is 6.52. The minimum Gasteiger partial charge on any atom is -0.314 e. The summed E-state index contributed by atoms with van der Waals surface area (Å²) in [7, 11) is -3.27. The molecule has 1 aliphatic heterocycles. The van der Waals surface area contributed by atoms with Crippen molar-refractivity contribution in [3.8, 4) is 0 Å². The van der Waals surface area contributed by atoms with Gasteiger partial charge in [-0.05, 0) is 37.3 Å². The van der Waals surface area contributed by atoms with E-state index in [9.17, 15) is 8.42 Å². The molecule has 1 saturated heterocycles. The van der Waals surface area contributed by atoms with Crippen LogP contribution in [0.2, 0.25) is 0 Å². The number of thioether (sulfide) groups is 1. The smallest absolute Gasteiger partial charge is 0.209 e. The molecule has 4 nitrogen and oxygen atoms in total. The minimum atomic E-state index is -3.27. The predicted octanol–water partition coefficient (Wildman–Crippen LogP) is 0.150. The molecule has 1 aliphatic rings. The van der Waals surface area contributed by atoms with Gasteiger partial charge in [0.25, 0.3) is 0 Å². The Morgan fingerprint density at radius 3 is 2.57 bits per heavy atom. The maximum absolute atomic E-state index is 10.6. The molecule has 14 heavy (non-hydrogen) atoms. The molecular weight excluding hydrogens is 220 g/mol. The van der Waals surface area contributed by atoms with E-state index < -0.39 is 10.0 Å². The van der Waals surface area contributed by atoms with Crippen LogP contribution in [-0.4, -0.2) is 38.3 Å². The zero-order valence-corrected chi connectivity index (χ0v) is 9.87. The number of rotatable bonds is 5. The third-order valence-corrected chi connectivity index (χ3v) is 4.17. The predicted molar refractivity (Wildman–Crippen MR) is 60.9 cm³/mol. The Kier molecular flexibility index (Phi) is 5.22. The first-order valence-electron chi connectivity index (χ1n) is 4.89. The van der Waals surface area contributed by atoms with E-state index in [4.69, 9.17) is 5.14 Å². The number of nitrogens with two attached hydrogens (primary N) is 1. The molecule has 0 aromatic rings. The lowest BCUT2D eigenvalue weighted by atomic mass is 10.1. The summed E-state index contributed by atoms with van der Waals surface area (Å²) in [4.78, 5) is 0. The number of nitrogens with one attached hydrogen (secondary N) is 1. The molecule has 0 amide bonds. The molecule has 0 atom stereocenters. The summed E-state index contributed by atoms with van der Waals surface area (Å²) in [6.45, 7) is 0.756. The fraction of sp³-hybridized carbons (Fsp3) is 1.00. The zero-order chi connectivity index (χ0) is 10.4. The van der Waals surface area contributed by atoms with Crippen LogP contribution in [0, 0.1) is 0 Å². The van der Waals surface area contributed by atoms with E-state index in [1.54, 1.807) is 0 Å². The van der Waals surface area contributed by atoms with Crippen LogP contribution in [0.3, 0.4) is 0 Å². The Labute approximate surface area is 90.1 Å². The highest BCUT2D eigenvalue weighted by atomic mass is 32.2. The maximum atomic E-state index is 10.6. The van der Waals surface area contributed by atoms with Crippen molar-refractivity contribution in [3.63, 3.8) is 0 Å². The summed E-state index contributed by atoms with van der Waals surface area (Å²) in [6, 6.07) is 0.580. The minimum absolute atomic E-state index is 0.0848. The molecule has 0 radical (unpaired) electrons. The summed E-state index contributed by atoms with van der Waals surface area (Å²) in [5.74, 6) is 2.52. The molecule has 1 rings (SSSR count). The van der Waals surface area contributed by atoms with Gasteiger partial charge < -0.3 is 5.32 Å². The third-order valence-electron chi connectivity index (χ3n) is 2.26. The standard InChI is InChI=1S/C8H18N2O2S2/c9-14(11,12)7-1-4-10-8-2-5-13-6-3-8/h8,10H,1-7H2,(H2,9,11,12). The molecule has 0 unspecified atom stereocenters. The highest BCUT2D eigenvalue weighted by Gasteiger charge is 2.12. The van der Waals surface area contributed by atoms with Crippen molar-refractivity contribution in [1.82, 2.24) is 5.32 Å². The lowest BCUT2D eigenvalue weighted by Crippen LogP contribution is -2.34. The molecule has 0 spiro atoms. The Bertz CT molecular complexity index is 248. The van der Waals surface area contributed by atoms with Crippen LogP contribution in [-0.2, 0) is 10.0 Å². The molecular formula is C8H18N2O2S2. The largest absolute Gasteiger partial charge is 0.314 e. The second-order valence-electron chi connectivity index (χ2n) is 3.56. The fourth-order valence-electron chi connectivity index (χ4n) is 1.48. The van der Waals surface area contributed by atoms with E-state index in [2.05, 4.69) is 5.32 Å². The monoisotopic (exact) mass is 238 g/mol. The van der Waals surface area contributed by atoms with Crippen LogP contribution in [0.25, 0.3) is 0 Å². The molecule has 3 N–H and O–H groups in total. The van der Waals surface area contributed by atoms with Crippen molar-refractivity contribution in [3.05, 3.63) is 0 Å². The average molecular weight is 238 g/mol. The lowest BCUT2D eigenvalue weighted by molar-refractivity contribution is 0.482. The van der Waals surface area contributed by atoms with E-state index in [1.165, 1.54) is 24.3 Å². The van der Waals surface area contributed by atoms with Crippen molar-refractivity contribution in [2.24, 2.45) is 5.14 Å². The van der Waals surface area contributed by atoms with Crippen molar-refractivity contribution in [2.45, 2.75) is 25.3 Å². The summed E-state index contributed by atoms with van der Waals surface area (Å²) in [5, 5.41) is 8.26. The van der Waals surface area contributed by atoms with Crippen LogP contribution in [0.15, 0.2) is 0 Å². The summed E-state index contributed by atoms with van der Waals surface area (Å²) in [6.07, 6.45) is 3.00. The lowest BCUT2D eigenvalue weighted by Gasteiger charge is -2.22. The first-order valence-corrected chi connectivity index (χ1v) is 7.76. The van der Waals surface area contributed by atoms with Gasteiger partial charge in [0.05, 0.1) is 5.75 Å². The van der Waals surface area contributed by atoms with E-state index in [0.29, 0.717) is 12.5 Å². The molecule has 0 aromatic carbocycles. The van der Waals surface area contributed by atoms with Gasteiger partial charge in [0.15, 0.2) is 0 Å². The van der Waals surface area contributed by atoms with E-state index in [1.807, 2.05) is 11.8 Å². The van der Waals surface area contributed by atoms with Gasteiger partial charge in [-0.1, -0.05) is 0 Å². The van der Waals surface area contributed by atoms with E-state index >= 15 is 0 Å². The van der Waals surface area contributed by atoms with Gasteiger partial charge in [0, 0.05) is 6.04 Å². The van der Waals surface area contributed by atoms with Crippen LogP contribution < -0.4 is 10.5 Å². The highest BCUT2D eigenvalue weighted by Crippen LogP contribution is 2.16. The highest BCUT2D eigenvalue weighted by molar-refractivity contribution is 7.99. The van der Waals surface area contributed by atoms with Gasteiger partial charge in [-0.2, -0.15) is 11.8 Å². The second kappa shape index (κ2) is 5.95. The number of sulfonamides is 1. The molecule has 1 heterocycles. The third kappa shape index (κ3) is 5.85. The van der Waals surface area contributed by atoms with Gasteiger partial charge in [-0.25, -0.2) is 13.6 Å². The first kappa shape index (κ1) is 12.3. The molecule has 1 fully saturated rings. The Balaban J connectivity index is 2.03. The van der Waals surface area contributed by atoms with Crippen molar-refractivity contribution in [1.29, 1.82) is 0 Å². The van der Waals surface area contributed by atoms with Gasteiger partial charge in [0.1, 0.15) is 0 Å². The molecule has 0 saturated carbocycles. The van der Waals surface area contributed by atoms with E-state index in [-0.39, 0.29) is 5.75 Å². The number of primary sulfonamides is 1. The van der Waals surface area contributed by atoms with Crippen molar-refractivity contribution >= 4 is 21.8 Å². The molecule has 84 valence electrons. The van der Waals surface area contributed by atoms with E-state index in [0.717, 1.165) is 6.54 Å². The molecule has 0 aliphatic carbocycles. The number of hydrogen-bond acceptors (Lipinski definition) is 4. The number of hydrogen-bond donors (Lipinski definition) is 2. The fourth-order valence-corrected chi connectivity index (χ4v) is 3.13. The maximum Gasteiger partial charge on any atom is 0.209 e. The molecule has 0 bridgehead atoms. The van der Waals surface area contributed by atoms with Crippen LogP contribution in [0.5, 0.6) is 0 Å². The topological polar surface area (TPSA) is 72.2 Å². The van der Waals surface area contributed by atoms with Crippen molar-refractivity contribution in [2.75, 3.05) is 23.8 Å². The van der Waals surface area contributed by atoms with Crippen LogP contribution in [0.4, 0.5) is 0 Å². The van der Waals surface area contributed by atoms with Crippen LogP contribution in [0.1, 0.15) is 19.3 Å². The zero-order valence-electron chi connectivity index (χ0n) is 8.24. The van der Waals surface area contributed by atoms with Crippen LogP contribution >= 0.6 is 11.8 Å². The summed E-state index contributed by atoms with van der Waals surface area (Å²) >= 11 is 1.99. The Morgan fingerprint density at radius 2 is 2.00 bits per heavy atom. The van der Waals surface area contributed by atoms with Gasteiger partial charge in [0.2, 0.25) is 10.0 Å². The summed E-state index contributed by atoms with van der Waals surface area (Å²) in [5.41, 5.74) is 0. The van der Waals surface area contributed by atoms with Crippen molar-refractivity contribution < 1.29 is 8.42 Å². The normalized spacial score (nSPS) is 19.8. The van der Waals surface area contributed by atoms with Gasteiger partial charge in [-0.3, -0.25) is 0 Å². The SMILES string of the molecule is NS(=O)(=O)CCCNC1CCSCC1. The quantitative estimate of drug-likeness (QED) is 0.669.